The van der Waals surface area contributed by atoms with Crippen molar-refractivity contribution < 1.29 is 0 Å². The van der Waals surface area contributed by atoms with Crippen LogP contribution in [0.25, 0.3) is 0 Å². The van der Waals surface area contributed by atoms with Gasteiger partial charge < -0.3 is 10.6 Å². The van der Waals surface area contributed by atoms with Gasteiger partial charge in [0, 0.05) is 35.1 Å². The number of anilines is 1. The Morgan fingerprint density at radius 3 is 2.78 bits per heavy atom. The van der Waals surface area contributed by atoms with Gasteiger partial charge in [0.1, 0.15) is 0 Å². The van der Waals surface area contributed by atoms with Crippen molar-refractivity contribution in [2.45, 2.75) is 39.9 Å². The van der Waals surface area contributed by atoms with Crippen molar-refractivity contribution in [3.63, 3.8) is 0 Å². The summed E-state index contributed by atoms with van der Waals surface area (Å²) in [6, 6.07) is 9.68. The highest BCUT2D eigenvalue weighted by Gasteiger charge is 2.14. The lowest BCUT2D eigenvalue weighted by Gasteiger charge is -2.16. The zero-order valence-corrected chi connectivity index (χ0v) is 17.2. The van der Waals surface area contributed by atoms with Gasteiger partial charge in [-0.05, 0) is 44.6 Å². The molecule has 142 valence electrons. The smallest absolute Gasteiger partial charge is 0.172 e. The second-order valence-electron chi connectivity index (χ2n) is 6.31. The maximum atomic E-state index is 6.21. The van der Waals surface area contributed by atoms with E-state index >= 15 is 0 Å². The van der Waals surface area contributed by atoms with Crippen LogP contribution in [0.3, 0.4) is 0 Å². The molecule has 1 unspecified atom stereocenters. The molecule has 0 saturated heterocycles. The summed E-state index contributed by atoms with van der Waals surface area (Å²) in [5.41, 5.74) is 3.29. The van der Waals surface area contributed by atoms with Crippen molar-refractivity contribution in [1.82, 2.24) is 24.9 Å². The van der Waals surface area contributed by atoms with E-state index in [-0.39, 0.29) is 6.04 Å². The molecule has 27 heavy (non-hydrogen) atoms. The Morgan fingerprint density at radius 1 is 1.30 bits per heavy atom. The molecule has 0 saturated carbocycles. The second-order valence-corrected chi connectivity index (χ2v) is 7.13. The summed E-state index contributed by atoms with van der Waals surface area (Å²) in [5.74, 6) is 0.688. The van der Waals surface area contributed by atoms with Crippen LogP contribution < -0.4 is 10.6 Å². The standard InChI is InChI=1S/C19H23ClN6S/c1-4-26-14(3)16(11-21-26)13(2)22-19(27)23-18-9-10-25(24-18)12-15-7-5-6-8-17(15)20/h5-11,13H,4,12H2,1-3H3,(H2,22,23,24,27). The zero-order valence-electron chi connectivity index (χ0n) is 15.6. The van der Waals surface area contributed by atoms with Gasteiger partial charge in [0.2, 0.25) is 0 Å². The van der Waals surface area contributed by atoms with Crippen molar-refractivity contribution in [3.8, 4) is 0 Å². The molecule has 0 fully saturated rings. The molecular weight excluding hydrogens is 380 g/mol. The van der Waals surface area contributed by atoms with E-state index in [1.807, 2.05) is 52.1 Å². The largest absolute Gasteiger partial charge is 0.356 e. The lowest BCUT2D eigenvalue weighted by molar-refractivity contribution is 0.632. The number of hydrogen-bond acceptors (Lipinski definition) is 3. The van der Waals surface area contributed by atoms with E-state index in [0.717, 1.165) is 28.4 Å². The van der Waals surface area contributed by atoms with Crippen molar-refractivity contribution in [2.75, 3.05) is 5.32 Å². The molecule has 0 bridgehead atoms. The number of halogens is 1. The summed E-state index contributed by atoms with van der Waals surface area (Å²) >= 11 is 11.6. The van der Waals surface area contributed by atoms with Crippen LogP contribution in [0, 0.1) is 6.92 Å². The number of nitrogens with one attached hydrogen (secondary N) is 2. The van der Waals surface area contributed by atoms with Crippen molar-refractivity contribution in [2.24, 2.45) is 0 Å². The Morgan fingerprint density at radius 2 is 2.07 bits per heavy atom. The Bertz CT molecular complexity index is 932. The average molecular weight is 403 g/mol. The summed E-state index contributed by atoms with van der Waals surface area (Å²) in [5, 5.41) is 16.6. The number of thiocarbonyl (C=S) groups is 1. The molecule has 3 rings (SSSR count). The first-order valence-corrected chi connectivity index (χ1v) is 9.63. The third kappa shape index (κ3) is 4.67. The third-order valence-electron chi connectivity index (χ3n) is 4.43. The number of hydrogen-bond donors (Lipinski definition) is 2. The minimum atomic E-state index is 0.0514. The quantitative estimate of drug-likeness (QED) is 0.606. The molecule has 2 heterocycles. The van der Waals surface area contributed by atoms with E-state index in [4.69, 9.17) is 23.8 Å². The third-order valence-corrected chi connectivity index (χ3v) is 5.02. The number of aryl methyl sites for hydroxylation is 1. The molecule has 0 radical (unpaired) electrons. The normalized spacial score (nSPS) is 12.0. The van der Waals surface area contributed by atoms with Crippen LogP contribution in [0.2, 0.25) is 5.02 Å². The van der Waals surface area contributed by atoms with Crippen molar-refractivity contribution in [3.05, 3.63) is 64.6 Å². The fourth-order valence-electron chi connectivity index (χ4n) is 2.95. The van der Waals surface area contributed by atoms with E-state index in [1.54, 1.807) is 0 Å². The van der Waals surface area contributed by atoms with Crippen LogP contribution in [0.4, 0.5) is 5.82 Å². The van der Waals surface area contributed by atoms with Gasteiger partial charge in [0.05, 0.1) is 18.8 Å². The molecular formula is C19H23ClN6S. The van der Waals surface area contributed by atoms with Crippen LogP contribution in [0.15, 0.2) is 42.7 Å². The first-order valence-electron chi connectivity index (χ1n) is 8.84. The SMILES string of the molecule is CCn1ncc(C(C)NC(=S)Nc2ccn(Cc3ccccc3Cl)n2)c1C. The van der Waals surface area contributed by atoms with Crippen LogP contribution >= 0.6 is 23.8 Å². The van der Waals surface area contributed by atoms with Gasteiger partial charge in [-0.15, -0.1) is 0 Å². The number of rotatable bonds is 6. The Labute approximate surface area is 169 Å². The van der Waals surface area contributed by atoms with E-state index in [9.17, 15) is 0 Å². The maximum Gasteiger partial charge on any atom is 0.172 e. The van der Waals surface area contributed by atoms with Crippen LogP contribution in [0.1, 0.15) is 36.7 Å². The molecule has 1 atom stereocenters. The van der Waals surface area contributed by atoms with Gasteiger partial charge in [-0.3, -0.25) is 9.36 Å². The lowest BCUT2D eigenvalue weighted by atomic mass is 10.1. The van der Waals surface area contributed by atoms with Crippen molar-refractivity contribution in [1.29, 1.82) is 0 Å². The first-order chi connectivity index (χ1) is 13.0. The van der Waals surface area contributed by atoms with Gasteiger partial charge in [0.25, 0.3) is 0 Å². The van der Waals surface area contributed by atoms with E-state index in [1.165, 1.54) is 0 Å². The summed E-state index contributed by atoms with van der Waals surface area (Å²) in [6.45, 7) is 7.66. The first kappa shape index (κ1) is 19.4. The van der Waals surface area contributed by atoms with Crippen LogP contribution in [0.5, 0.6) is 0 Å². The highest BCUT2D eigenvalue weighted by Crippen LogP contribution is 2.18. The lowest BCUT2D eigenvalue weighted by Crippen LogP contribution is -2.31. The van der Waals surface area contributed by atoms with E-state index < -0.39 is 0 Å². The molecule has 2 N–H and O–H groups in total. The Hall–Kier alpha value is -2.38. The molecule has 0 aliphatic heterocycles. The monoisotopic (exact) mass is 402 g/mol. The minimum Gasteiger partial charge on any atom is -0.356 e. The number of nitrogens with zero attached hydrogens (tertiary/aromatic N) is 4. The maximum absolute atomic E-state index is 6.21. The molecule has 2 aromatic heterocycles. The fourth-order valence-corrected chi connectivity index (χ4v) is 3.43. The molecule has 0 aliphatic rings. The predicted octanol–water partition coefficient (Wildman–Crippen LogP) is 4.16. The molecule has 0 spiro atoms. The molecule has 1 aromatic carbocycles. The molecule has 0 aliphatic carbocycles. The van der Waals surface area contributed by atoms with Gasteiger partial charge in [-0.25, -0.2) is 0 Å². The fraction of sp³-hybridized carbons (Fsp3) is 0.316. The summed E-state index contributed by atoms with van der Waals surface area (Å²) in [7, 11) is 0. The van der Waals surface area contributed by atoms with E-state index in [2.05, 4.69) is 41.6 Å². The van der Waals surface area contributed by atoms with E-state index in [0.29, 0.717) is 17.5 Å². The molecule has 8 heteroatoms. The van der Waals surface area contributed by atoms with Crippen molar-refractivity contribution >= 4 is 34.7 Å². The second kappa shape index (κ2) is 8.54. The molecule has 3 aromatic rings. The average Bonchev–Trinajstić information content (AvgIpc) is 3.22. The Balaban J connectivity index is 1.59. The van der Waals surface area contributed by atoms with Gasteiger partial charge in [-0.2, -0.15) is 10.2 Å². The minimum absolute atomic E-state index is 0.0514. The summed E-state index contributed by atoms with van der Waals surface area (Å²) in [4.78, 5) is 0. The molecule has 6 nitrogen and oxygen atoms in total. The summed E-state index contributed by atoms with van der Waals surface area (Å²) < 4.78 is 3.80. The molecule has 0 amide bonds. The topological polar surface area (TPSA) is 59.7 Å². The highest BCUT2D eigenvalue weighted by molar-refractivity contribution is 7.80. The number of aromatic nitrogens is 4. The predicted molar refractivity (Wildman–Crippen MR) is 113 cm³/mol. The van der Waals surface area contributed by atoms with Crippen LogP contribution in [-0.4, -0.2) is 24.7 Å². The van der Waals surface area contributed by atoms with Gasteiger partial charge >= 0.3 is 0 Å². The highest BCUT2D eigenvalue weighted by atomic mass is 35.5. The number of benzene rings is 1. The Kier molecular flexibility index (Phi) is 6.13. The summed E-state index contributed by atoms with van der Waals surface area (Å²) in [6.07, 6.45) is 3.78. The van der Waals surface area contributed by atoms with Gasteiger partial charge in [0.15, 0.2) is 10.9 Å². The van der Waals surface area contributed by atoms with Crippen LogP contribution in [-0.2, 0) is 13.1 Å². The van der Waals surface area contributed by atoms with Gasteiger partial charge in [-0.1, -0.05) is 29.8 Å². The zero-order chi connectivity index (χ0) is 19.4.